The zero-order valence-corrected chi connectivity index (χ0v) is 12.6. The van der Waals surface area contributed by atoms with Gasteiger partial charge in [0, 0.05) is 22.6 Å². The van der Waals surface area contributed by atoms with E-state index in [9.17, 15) is 4.79 Å². The Balaban J connectivity index is 2.83. The molecule has 1 atom stereocenters. The fraction of sp³-hybridized carbons (Fsp3) is 0.462. The van der Waals surface area contributed by atoms with Crippen LogP contribution in [0.2, 0.25) is 0 Å². The van der Waals surface area contributed by atoms with Crippen LogP contribution in [-0.4, -0.2) is 23.9 Å². The number of rotatable bonds is 5. The third-order valence-electron chi connectivity index (χ3n) is 3.21. The molecule has 0 fully saturated rings. The number of nitrogens with one attached hydrogen (secondary N) is 1. The van der Waals surface area contributed by atoms with E-state index in [1.165, 1.54) is 0 Å². The fourth-order valence-electron chi connectivity index (χ4n) is 1.64. The van der Waals surface area contributed by atoms with Crippen molar-refractivity contribution in [2.24, 2.45) is 5.84 Å². The molecule has 1 rings (SSSR count). The smallest absolute Gasteiger partial charge is 0.265 e. The van der Waals surface area contributed by atoms with E-state index in [2.05, 4.69) is 47.2 Å². The summed E-state index contributed by atoms with van der Waals surface area (Å²) in [6.45, 7) is 5.22. The van der Waals surface area contributed by atoms with Gasteiger partial charge in [0.05, 0.1) is 0 Å². The molecule has 1 unspecified atom stereocenters. The molecular weight excluding hydrogens is 294 g/mol. The van der Waals surface area contributed by atoms with Crippen molar-refractivity contribution in [3.63, 3.8) is 0 Å². The highest BCUT2D eigenvalue weighted by Crippen LogP contribution is 2.21. The van der Waals surface area contributed by atoms with Crippen molar-refractivity contribution >= 4 is 21.8 Å². The van der Waals surface area contributed by atoms with Crippen LogP contribution in [0.15, 0.2) is 22.7 Å². The highest BCUT2D eigenvalue weighted by atomic mass is 79.9. The van der Waals surface area contributed by atoms with Crippen LogP contribution in [0.25, 0.3) is 0 Å². The van der Waals surface area contributed by atoms with Gasteiger partial charge in [-0.25, -0.2) is 5.84 Å². The van der Waals surface area contributed by atoms with Gasteiger partial charge in [-0.15, -0.1) is 0 Å². The van der Waals surface area contributed by atoms with E-state index in [1.807, 2.05) is 6.07 Å². The molecule has 0 aliphatic rings. The largest absolute Gasteiger partial charge is 0.299 e. The first kappa shape index (κ1) is 15.1. The van der Waals surface area contributed by atoms with Crippen LogP contribution in [0.4, 0.5) is 0 Å². The van der Waals surface area contributed by atoms with Gasteiger partial charge in [0.15, 0.2) is 0 Å². The molecule has 0 bridgehead atoms. The fourth-order valence-corrected chi connectivity index (χ4v) is 2.14. The van der Waals surface area contributed by atoms with Crippen molar-refractivity contribution in [2.75, 3.05) is 7.05 Å². The number of halogens is 1. The van der Waals surface area contributed by atoms with Gasteiger partial charge in [0.25, 0.3) is 5.91 Å². The highest BCUT2D eigenvalue weighted by molar-refractivity contribution is 9.10. The van der Waals surface area contributed by atoms with Gasteiger partial charge in [0.1, 0.15) is 0 Å². The average Bonchev–Trinajstić information content (AvgIpc) is 2.38. The van der Waals surface area contributed by atoms with E-state index in [0.29, 0.717) is 11.6 Å². The molecule has 1 amide bonds. The maximum Gasteiger partial charge on any atom is 0.265 e. The summed E-state index contributed by atoms with van der Waals surface area (Å²) < 4.78 is 0.929. The zero-order chi connectivity index (χ0) is 13.7. The Morgan fingerprint density at radius 3 is 2.72 bits per heavy atom. The lowest BCUT2D eigenvalue weighted by Crippen LogP contribution is -2.30. The predicted octanol–water partition coefficient (Wildman–Crippen LogP) is 2.28. The van der Waals surface area contributed by atoms with Crippen molar-refractivity contribution in [3.8, 4) is 0 Å². The number of hydrogen-bond acceptors (Lipinski definition) is 3. The number of nitrogens with two attached hydrogens (primary N) is 1. The number of nitrogens with zero attached hydrogens (tertiary/aromatic N) is 1. The topological polar surface area (TPSA) is 58.4 Å². The standard InChI is InChI=1S/C13H20BrN3O/c1-4-9(2)17(3)8-11-6-5-10(7-12(11)14)13(18)16-15/h5-7,9H,4,8,15H2,1-3H3,(H,16,18). The third kappa shape index (κ3) is 3.80. The van der Waals surface area contributed by atoms with Crippen LogP contribution in [0, 0.1) is 0 Å². The maximum absolute atomic E-state index is 11.4. The SMILES string of the molecule is CCC(C)N(C)Cc1ccc(C(=O)NN)cc1Br. The second-order valence-electron chi connectivity index (χ2n) is 4.45. The van der Waals surface area contributed by atoms with Gasteiger partial charge in [-0.2, -0.15) is 0 Å². The van der Waals surface area contributed by atoms with E-state index in [1.54, 1.807) is 12.1 Å². The van der Waals surface area contributed by atoms with E-state index in [-0.39, 0.29) is 5.91 Å². The van der Waals surface area contributed by atoms with Crippen LogP contribution in [0.5, 0.6) is 0 Å². The molecule has 0 saturated heterocycles. The van der Waals surface area contributed by atoms with E-state index in [4.69, 9.17) is 5.84 Å². The van der Waals surface area contributed by atoms with Crippen LogP contribution in [0.3, 0.4) is 0 Å². The van der Waals surface area contributed by atoms with Crippen molar-refractivity contribution in [1.82, 2.24) is 10.3 Å². The summed E-state index contributed by atoms with van der Waals surface area (Å²) in [5.74, 6) is 4.83. The van der Waals surface area contributed by atoms with Gasteiger partial charge in [0.2, 0.25) is 0 Å². The summed E-state index contributed by atoms with van der Waals surface area (Å²) in [5.41, 5.74) is 3.84. The average molecular weight is 314 g/mol. The quantitative estimate of drug-likeness (QED) is 0.498. The van der Waals surface area contributed by atoms with Crippen LogP contribution >= 0.6 is 15.9 Å². The number of hydrogen-bond donors (Lipinski definition) is 2. The molecule has 4 nitrogen and oxygen atoms in total. The first-order valence-electron chi connectivity index (χ1n) is 5.99. The van der Waals surface area contributed by atoms with Gasteiger partial charge in [-0.05, 0) is 38.1 Å². The van der Waals surface area contributed by atoms with Crippen molar-refractivity contribution < 1.29 is 4.79 Å². The van der Waals surface area contributed by atoms with Crippen molar-refractivity contribution in [3.05, 3.63) is 33.8 Å². The van der Waals surface area contributed by atoms with Crippen LogP contribution < -0.4 is 11.3 Å². The second kappa shape index (κ2) is 6.87. The first-order valence-corrected chi connectivity index (χ1v) is 6.78. The monoisotopic (exact) mass is 313 g/mol. The van der Waals surface area contributed by atoms with Gasteiger partial charge in [-0.1, -0.05) is 28.9 Å². The van der Waals surface area contributed by atoms with Gasteiger partial charge < -0.3 is 0 Å². The Morgan fingerprint density at radius 2 is 2.22 bits per heavy atom. The van der Waals surface area contributed by atoms with E-state index < -0.39 is 0 Å². The molecular formula is C13H20BrN3O. The minimum atomic E-state index is -0.280. The molecule has 0 aliphatic carbocycles. The lowest BCUT2D eigenvalue weighted by molar-refractivity contribution is 0.0953. The number of benzene rings is 1. The summed E-state index contributed by atoms with van der Waals surface area (Å²) >= 11 is 3.50. The molecule has 5 heteroatoms. The number of hydrazine groups is 1. The third-order valence-corrected chi connectivity index (χ3v) is 3.95. The van der Waals surface area contributed by atoms with Crippen LogP contribution in [0.1, 0.15) is 36.2 Å². The molecule has 0 aliphatic heterocycles. The summed E-state index contributed by atoms with van der Waals surface area (Å²) in [7, 11) is 2.10. The Bertz CT molecular complexity index is 423. The predicted molar refractivity (Wildman–Crippen MR) is 77.0 cm³/mol. The van der Waals surface area contributed by atoms with Gasteiger partial charge in [-0.3, -0.25) is 15.1 Å². The summed E-state index contributed by atoms with van der Waals surface area (Å²) in [6.07, 6.45) is 1.11. The lowest BCUT2D eigenvalue weighted by Gasteiger charge is -2.24. The minimum absolute atomic E-state index is 0.280. The number of carbonyl (C=O) groups is 1. The minimum Gasteiger partial charge on any atom is -0.299 e. The lowest BCUT2D eigenvalue weighted by atomic mass is 10.1. The van der Waals surface area contributed by atoms with Gasteiger partial charge >= 0.3 is 0 Å². The van der Waals surface area contributed by atoms with Crippen LogP contribution in [-0.2, 0) is 6.54 Å². The Morgan fingerprint density at radius 1 is 1.56 bits per heavy atom. The molecule has 3 N–H and O–H groups in total. The summed E-state index contributed by atoms with van der Waals surface area (Å²) in [4.78, 5) is 13.7. The normalized spacial score (nSPS) is 12.6. The Labute approximate surface area is 117 Å². The molecule has 0 spiro atoms. The maximum atomic E-state index is 11.4. The zero-order valence-electron chi connectivity index (χ0n) is 11.0. The molecule has 1 aromatic rings. The second-order valence-corrected chi connectivity index (χ2v) is 5.31. The molecule has 100 valence electrons. The molecule has 0 aromatic heterocycles. The van der Waals surface area contributed by atoms with Crippen molar-refractivity contribution in [1.29, 1.82) is 0 Å². The summed E-state index contributed by atoms with van der Waals surface area (Å²) in [6, 6.07) is 6.06. The first-order chi connectivity index (χ1) is 8.49. The number of amides is 1. The molecule has 0 heterocycles. The highest BCUT2D eigenvalue weighted by Gasteiger charge is 2.11. The summed E-state index contributed by atoms with van der Waals surface area (Å²) in [5, 5.41) is 0. The van der Waals surface area contributed by atoms with Crippen molar-refractivity contribution in [2.45, 2.75) is 32.9 Å². The Hall–Kier alpha value is -0.910. The molecule has 18 heavy (non-hydrogen) atoms. The Kier molecular flexibility index (Phi) is 5.78. The molecule has 1 aromatic carbocycles. The number of nitrogen functional groups attached to an aromatic ring is 1. The number of carbonyl (C=O) groups excluding carboxylic acids is 1. The molecule has 0 saturated carbocycles. The van der Waals surface area contributed by atoms with E-state index >= 15 is 0 Å². The van der Waals surface area contributed by atoms with E-state index in [0.717, 1.165) is 23.0 Å². The molecule has 0 radical (unpaired) electrons.